The molecule has 6 nitrogen and oxygen atoms in total. The van der Waals surface area contributed by atoms with Gasteiger partial charge in [-0.05, 0) is 22.9 Å². The van der Waals surface area contributed by atoms with Crippen LogP contribution in [0.25, 0.3) is 0 Å². The van der Waals surface area contributed by atoms with Gasteiger partial charge in [0, 0.05) is 13.0 Å². The zero-order chi connectivity index (χ0) is 14.3. The fourth-order valence-corrected chi connectivity index (χ4v) is 1.72. The van der Waals surface area contributed by atoms with E-state index >= 15 is 0 Å². The Kier molecular flexibility index (Phi) is 6.09. The molecule has 0 bridgehead atoms. The average molecular weight is 328 g/mol. The molecule has 0 radical (unpaired) electrons. The van der Waals surface area contributed by atoms with Gasteiger partial charge in [0.05, 0.1) is 19.0 Å². The third-order valence-electron chi connectivity index (χ3n) is 2.23. The number of nitrogens with zero attached hydrogens (tertiary/aromatic N) is 2. The first-order valence-electron chi connectivity index (χ1n) is 5.56. The van der Waals surface area contributed by atoms with Crippen molar-refractivity contribution in [1.82, 2.24) is 9.78 Å². The van der Waals surface area contributed by atoms with Crippen molar-refractivity contribution >= 4 is 27.6 Å². The topological polar surface area (TPSA) is 73.2 Å². The molecule has 0 atom stereocenters. The first-order chi connectivity index (χ1) is 9.10. The van der Waals surface area contributed by atoms with Crippen molar-refractivity contribution in [1.29, 1.82) is 0 Å². The molecule has 0 aromatic carbocycles. The molecule has 0 spiro atoms. The van der Waals surface area contributed by atoms with E-state index in [1.165, 1.54) is 13.3 Å². The van der Waals surface area contributed by atoms with E-state index in [2.05, 4.69) is 42.9 Å². The Balaban J connectivity index is 2.81. The number of carbonyl (C=O) groups is 1. The van der Waals surface area contributed by atoms with Crippen LogP contribution in [0.4, 0.5) is 5.69 Å². The molecule has 1 aromatic rings. The molecule has 0 unspecified atom stereocenters. The molecule has 0 aliphatic carbocycles. The monoisotopic (exact) mass is 327 g/mol. The molecule has 0 aliphatic heterocycles. The lowest BCUT2D eigenvalue weighted by Crippen LogP contribution is -2.28. The van der Waals surface area contributed by atoms with Crippen LogP contribution in [0.2, 0.25) is 0 Å². The van der Waals surface area contributed by atoms with Crippen molar-refractivity contribution in [3.05, 3.63) is 21.0 Å². The molecule has 7 heteroatoms. The molecular weight excluding hydrogens is 314 g/mol. The van der Waals surface area contributed by atoms with Crippen LogP contribution in [-0.4, -0.2) is 29.4 Å². The highest BCUT2D eigenvalue weighted by Gasteiger charge is 2.11. The first kappa shape index (κ1) is 15.2. The van der Waals surface area contributed by atoms with Gasteiger partial charge in [-0.15, -0.1) is 11.8 Å². The largest absolute Gasteiger partial charge is 0.468 e. The van der Waals surface area contributed by atoms with Gasteiger partial charge in [0.2, 0.25) is 0 Å². The molecular formula is C12H14BrN3O3. The van der Waals surface area contributed by atoms with Gasteiger partial charge in [0.25, 0.3) is 5.56 Å². The third kappa shape index (κ3) is 4.41. The van der Waals surface area contributed by atoms with Crippen LogP contribution >= 0.6 is 15.9 Å². The first-order valence-corrected chi connectivity index (χ1v) is 6.35. The molecule has 0 aliphatic rings. The summed E-state index contributed by atoms with van der Waals surface area (Å²) in [6.07, 6.45) is 2.15. The van der Waals surface area contributed by atoms with E-state index in [-0.39, 0.29) is 6.54 Å². The van der Waals surface area contributed by atoms with Gasteiger partial charge in [-0.3, -0.25) is 9.59 Å². The van der Waals surface area contributed by atoms with Crippen LogP contribution in [0.1, 0.15) is 13.3 Å². The number of nitrogens with one attached hydrogen (secondary N) is 1. The molecule has 1 N–H and O–H groups in total. The van der Waals surface area contributed by atoms with E-state index in [9.17, 15) is 9.59 Å². The van der Waals surface area contributed by atoms with E-state index in [1.807, 2.05) is 0 Å². The predicted molar refractivity (Wildman–Crippen MR) is 74.8 cm³/mol. The Bertz CT molecular complexity index is 572. The Hall–Kier alpha value is -1.81. The van der Waals surface area contributed by atoms with Crippen LogP contribution in [0.15, 0.2) is 15.5 Å². The van der Waals surface area contributed by atoms with Gasteiger partial charge in [-0.25, -0.2) is 4.68 Å². The number of rotatable bonds is 5. The third-order valence-corrected chi connectivity index (χ3v) is 3.00. The summed E-state index contributed by atoms with van der Waals surface area (Å²) in [7, 11) is 1.26. The van der Waals surface area contributed by atoms with Gasteiger partial charge in [-0.1, -0.05) is 0 Å². The normalized spacial score (nSPS) is 9.42. The number of aromatic nitrogens is 2. The molecule has 1 aromatic heterocycles. The highest BCUT2D eigenvalue weighted by molar-refractivity contribution is 9.10. The summed E-state index contributed by atoms with van der Waals surface area (Å²) < 4.78 is 5.85. The number of methoxy groups -OCH3 is 1. The van der Waals surface area contributed by atoms with Gasteiger partial charge < -0.3 is 10.1 Å². The lowest BCUT2D eigenvalue weighted by molar-refractivity contribution is -0.141. The number of esters is 1. The Labute approximate surface area is 119 Å². The highest BCUT2D eigenvalue weighted by atomic mass is 79.9. The quantitative estimate of drug-likeness (QED) is 0.496. The SMILES string of the molecule is CC#CCCNc1cnn(CC(=O)OC)c(=O)c1Br. The zero-order valence-electron chi connectivity index (χ0n) is 10.7. The van der Waals surface area contributed by atoms with Crippen molar-refractivity contribution in [2.75, 3.05) is 19.0 Å². The van der Waals surface area contributed by atoms with Gasteiger partial charge >= 0.3 is 5.97 Å². The summed E-state index contributed by atoms with van der Waals surface area (Å²) in [6, 6.07) is 0. The van der Waals surface area contributed by atoms with Crippen LogP contribution in [-0.2, 0) is 16.1 Å². The minimum absolute atomic E-state index is 0.213. The Morgan fingerprint density at radius 3 is 3.00 bits per heavy atom. The van der Waals surface area contributed by atoms with Crippen LogP contribution in [0, 0.1) is 11.8 Å². The lowest BCUT2D eigenvalue weighted by atomic mass is 10.4. The highest BCUT2D eigenvalue weighted by Crippen LogP contribution is 2.15. The molecule has 0 amide bonds. The summed E-state index contributed by atoms with van der Waals surface area (Å²) in [6.45, 7) is 2.17. The number of ether oxygens (including phenoxy) is 1. The van der Waals surface area contributed by atoms with Gasteiger partial charge in [0.1, 0.15) is 11.0 Å². The zero-order valence-corrected chi connectivity index (χ0v) is 12.3. The molecule has 0 saturated heterocycles. The molecule has 0 fully saturated rings. The average Bonchev–Trinajstić information content (AvgIpc) is 2.42. The number of anilines is 1. The molecule has 1 rings (SSSR count). The summed E-state index contributed by atoms with van der Waals surface area (Å²) in [5.41, 5.74) is 0.181. The fourth-order valence-electron chi connectivity index (χ4n) is 1.27. The van der Waals surface area contributed by atoms with Crippen molar-refractivity contribution in [2.24, 2.45) is 0 Å². The lowest BCUT2D eigenvalue weighted by Gasteiger charge is -2.08. The van der Waals surface area contributed by atoms with Crippen molar-refractivity contribution in [3.63, 3.8) is 0 Å². The van der Waals surface area contributed by atoms with E-state index in [1.54, 1.807) is 6.92 Å². The molecule has 19 heavy (non-hydrogen) atoms. The fraction of sp³-hybridized carbons (Fsp3) is 0.417. The second-order valence-electron chi connectivity index (χ2n) is 3.51. The molecule has 102 valence electrons. The maximum atomic E-state index is 11.9. The van der Waals surface area contributed by atoms with Crippen LogP contribution in [0.5, 0.6) is 0 Å². The van der Waals surface area contributed by atoms with Gasteiger partial charge in [-0.2, -0.15) is 5.10 Å². The standard InChI is InChI=1S/C12H14BrN3O3/c1-3-4-5-6-14-9-7-15-16(8-10(17)19-2)12(18)11(9)13/h7,14H,5-6,8H2,1-2H3. The minimum atomic E-state index is -0.527. The van der Waals surface area contributed by atoms with Gasteiger partial charge in [0.15, 0.2) is 0 Å². The Morgan fingerprint density at radius 1 is 1.63 bits per heavy atom. The molecule has 0 saturated carbocycles. The minimum Gasteiger partial charge on any atom is -0.468 e. The molecule has 1 heterocycles. The summed E-state index contributed by atoms with van der Waals surface area (Å²) >= 11 is 3.19. The number of hydrogen-bond donors (Lipinski definition) is 1. The number of halogens is 1. The van der Waals surface area contributed by atoms with Crippen LogP contribution in [0.3, 0.4) is 0 Å². The smallest absolute Gasteiger partial charge is 0.327 e. The second-order valence-corrected chi connectivity index (χ2v) is 4.31. The summed E-state index contributed by atoms with van der Waals surface area (Å²) in [4.78, 5) is 23.0. The van der Waals surface area contributed by atoms with E-state index in [0.717, 1.165) is 4.68 Å². The van der Waals surface area contributed by atoms with Crippen LogP contribution < -0.4 is 10.9 Å². The number of carbonyl (C=O) groups excluding carboxylic acids is 1. The second kappa shape index (κ2) is 7.59. The predicted octanol–water partition coefficient (Wildman–Crippen LogP) is 1.00. The van der Waals surface area contributed by atoms with E-state index in [4.69, 9.17) is 0 Å². The van der Waals surface area contributed by atoms with Crippen molar-refractivity contribution < 1.29 is 9.53 Å². The maximum Gasteiger partial charge on any atom is 0.327 e. The van der Waals surface area contributed by atoms with E-state index < -0.39 is 11.5 Å². The van der Waals surface area contributed by atoms with E-state index in [0.29, 0.717) is 23.1 Å². The Morgan fingerprint density at radius 2 is 2.37 bits per heavy atom. The summed E-state index contributed by atoms with van der Waals surface area (Å²) in [5, 5.41) is 6.94. The number of hydrogen-bond acceptors (Lipinski definition) is 5. The maximum absolute atomic E-state index is 11.9. The van der Waals surface area contributed by atoms with Crippen molar-refractivity contribution in [3.8, 4) is 11.8 Å². The van der Waals surface area contributed by atoms with Crippen molar-refractivity contribution in [2.45, 2.75) is 19.9 Å². The summed E-state index contributed by atoms with van der Waals surface area (Å²) in [5.74, 6) is 5.16.